The smallest absolute Gasteiger partial charge is 0.275 e. The standard InChI is InChI=1S/C25H24ClN3O5S/c1-34-20-6-2-17(3-7-20)24(30)28-13-16-12-18(15-28)23-11-10-22(25(31)29(23)14-16)27-35(32,33)21-8-4-19(26)5-9-21/h2-11,16,18,27H,12-15H2,1H3/t16-,18+/m0/s1. The number of ether oxygens (including phenoxy) is 1. The normalized spacial score (nSPS) is 19.1. The Bertz CT molecular complexity index is 1440. The Balaban J connectivity index is 1.38. The fourth-order valence-electron chi connectivity index (χ4n) is 4.92. The SMILES string of the molecule is COc1ccc(C(=O)N2C[C@@H]3C[C@H](C2)c2ccc(NS(=O)(=O)c4ccc(Cl)cc4)c(=O)n2C3)cc1. The fraction of sp³-hybridized carbons (Fsp3) is 0.280. The van der Waals surface area contributed by atoms with Crippen molar-refractivity contribution in [2.24, 2.45) is 5.92 Å². The van der Waals surface area contributed by atoms with E-state index in [0.29, 0.717) is 36.0 Å². The van der Waals surface area contributed by atoms with E-state index in [1.54, 1.807) is 42.0 Å². The third kappa shape index (κ3) is 4.53. The van der Waals surface area contributed by atoms with E-state index in [0.717, 1.165) is 12.1 Å². The number of anilines is 1. The summed E-state index contributed by atoms with van der Waals surface area (Å²) < 4.78 is 34.8. The zero-order valence-electron chi connectivity index (χ0n) is 19.0. The van der Waals surface area contributed by atoms with Crippen molar-refractivity contribution >= 4 is 33.2 Å². The zero-order valence-corrected chi connectivity index (χ0v) is 20.6. The average molecular weight is 514 g/mol. The Morgan fingerprint density at radius 1 is 1.00 bits per heavy atom. The summed E-state index contributed by atoms with van der Waals surface area (Å²) in [5, 5.41) is 0.420. The second-order valence-corrected chi connectivity index (χ2v) is 11.0. The molecule has 1 saturated heterocycles. The summed E-state index contributed by atoms with van der Waals surface area (Å²) in [5.41, 5.74) is 1.02. The van der Waals surface area contributed by atoms with E-state index in [9.17, 15) is 18.0 Å². The molecule has 2 bridgehead atoms. The highest BCUT2D eigenvalue weighted by Gasteiger charge is 2.37. The predicted molar refractivity (Wildman–Crippen MR) is 133 cm³/mol. The lowest BCUT2D eigenvalue weighted by Gasteiger charge is -2.43. The van der Waals surface area contributed by atoms with Gasteiger partial charge >= 0.3 is 0 Å². The number of amides is 1. The van der Waals surface area contributed by atoms with Gasteiger partial charge in [0, 0.05) is 41.8 Å². The molecule has 0 spiro atoms. The van der Waals surface area contributed by atoms with Crippen molar-refractivity contribution in [1.82, 2.24) is 9.47 Å². The van der Waals surface area contributed by atoms with E-state index in [2.05, 4.69) is 4.72 Å². The minimum Gasteiger partial charge on any atom is -0.497 e. The van der Waals surface area contributed by atoms with Crippen LogP contribution < -0.4 is 15.0 Å². The summed E-state index contributed by atoms with van der Waals surface area (Å²) in [6, 6.07) is 16.1. The van der Waals surface area contributed by atoms with E-state index in [-0.39, 0.29) is 33.9 Å². The minimum absolute atomic E-state index is 0.000629. The monoisotopic (exact) mass is 513 g/mol. The van der Waals surface area contributed by atoms with Gasteiger partial charge in [-0.3, -0.25) is 14.3 Å². The number of methoxy groups -OCH3 is 1. The van der Waals surface area contributed by atoms with Crippen LogP contribution in [0.25, 0.3) is 0 Å². The van der Waals surface area contributed by atoms with Crippen LogP contribution in [-0.4, -0.2) is 44.0 Å². The molecule has 1 N–H and O–H groups in total. The first kappa shape index (κ1) is 23.4. The molecule has 2 atom stereocenters. The van der Waals surface area contributed by atoms with Gasteiger partial charge in [0.2, 0.25) is 0 Å². The Kier molecular flexibility index (Phi) is 6.06. The Morgan fingerprint density at radius 2 is 1.71 bits per heavy atom. The van der Waals surface area contributed by atoms with Crippen molar-refractivity contribution in [3.8, 4) is 5.75 Å². The van der Waals surface area contributed by atoms with Crippen LogP contribution >= 0.6 is 11.6 Å². The number of benzene rings is 2. The lowest BCUT2D eigenvalue weighted by atomic mass is 9.83. The molecule has 182 valence electrons. The van der Waals surface area contributed by atoms with Gasteiger partial charge in [-0.1, -0.05) is 11.6 Å². The first-order valence-corrected chi connectivity index (χ1v) is 13.1. The van der Waals surface area contributed by atoms with Crippen molar-refractivity contribution in [3.63, 3.8) is 0 Å². The number of pyridine rings is 1. The van der Waals surface area contributed by atoms with Crippen LogP contribution in [-0.2, 0) is 16.6 Å². The molecule has 0 aliphatic carbocycles. The topological polar surface area (TPSA) is 97.7 Å². The molecule has 3 aromatic rings. The maximum atomic E-state index is 13.2. The fourth-order valence-corrected chi connectivity index (χ4v) is 6.11. The third-order valence-electron chi connectivity index (χ3n) is 6.60. The number of piperidine rings is 1. The van der Waals surface area contributed by atoms with Crippen LogP contribution in [0.2, 0.25) is 5.02 Å². The van der Waals surface area contributed by atoms with Gasteiger partial charge in [-0.25, -0.2) is 8.42 Å². The number of likely N-dealkylation sites (tertiary alicyclic amines) is 1. The highest BCUT2D eigenvalue weighted by molar-refractivity contribution is 7.92. The molecule has 0 radical (unpaired) electrons. The Morgan fingerprint density at radius 3 is 2.40 bits per heavy atom. The van der Waals surface area contributed by atoms with Crippen LogP contribution in [0.5, 0.6) is 5.75 Å². The average Bonchev–Trinajstić information content (AvgIpc) is 2.85. The quantitative estimate of drug-likeness (QED) is 0.562. The van der Waals surface area contributed by atoms with Crippen molar-refractivity contribution < 1.29 is 17.9 Å². The predicted octanol–water partition coefficient (Wildman–Crippen LogP) is 3.57. The third-order valence-corrected chi connectivity index (χ3v) is 8.23. The van der Waals surface area contributed by atoms with E-state index in [1.165, 1.54) is 30.3 Å². The second kappa shape index (κ2) is 9.05. The van der Waals surface area contributed by atoms with Crippen molar-refractivity contribution in [1.29, 1.82) is 0 Å². The molecule has 0 unspecified atom stereocenters. The lowest BCUT2D eigenvalue weighted by Crippen LogP contribution is -2.49. The number of carbonyl (C=O) groups excluding carboxylic acids is 1. The van der Waals surface area contributed by atoms with Gasteiger partial charge in [-0.2, -0.15) is 0 Å². The van der Waals surface area contributed by atoms with Crippen LogP contribution in [0, 0.1) is 5.92 Å². The first-order valence-electron chi connectivity index (χ1n) is 11.2. The number of carbonyl (C=O) groups is 1. The first-order chi connectivity index (χ1) is 16.7. The van der Waals surface area contributed by atoms with E-state index in [4.69, 9.17) is 16.3 Å². The summed E-state index contributed by atoms with van der Waals surface area (Å²) in [6.45, 7) is 1.46. The van der Waals surface area contributed by atoms with Crippen LogP contribution in [0.1, 0.15) is 28.4 Å². The van der Waals surface area contributed by atoms with Crippen molar-refractivity contribution in [2.45, 2.75) is 23.8 Å². The maximum absolute atomic E-state index is 13.2. The molecule has 10 heteroatoms. The largest absolute Gasteiger partial charge is 0.497 e. The van der Waals surface area contributed by atoms with E-state index in [1.807, 2.05) is 4.90 Å². The van der Waals surface area contributed by atoms with Crippen molar-refractivity contribution in [2.75, 3.05) is 24.9 Å². The summed E-state index contributed by atoms with van der Waals surface area (Å²) in [7, 11) is -2.36. The number of rotatable bonds is 5. The number of sulfonamides is 1. The highest BCUT2D eigenvalue weighted by Crippen LogP contribution is 2.36. The lowest BCUT2D eigenvalue weighted by molar-refractivity contribution is 0.0594. The molecular formula is C25H24ClN3O5S. The summed E-state index contributed by atoms with van der Waals surface area (Å²) in [5.74, 6) is 0.738. The molecule has 2 aliphatic heterocycles. The van der Waals surface area contributed by atoms with Crippen LogP contribution in [0.3, 0.4) is 0 Å². The second-order valence-electron chi connectivity index (χ2n) is 8.88. The molecule has 8 nitrogen and oxygen atoms in total. The minimum atomic E-state index is -3.94. The number of aromatic nitrogens is 1. The van der Waals surface area contributed by atoms with Crippen LogP contribution in [0.4, 0.5) is 5.69 Å². The van der Waals surface area contributed by atoms with Crippen LogP contribution in [0.15, 0.2) is 70.4 Å². The molecular weight excluding hydrogens is 490 g/mol. The molecule has 2 aliphatic rings. The Labute approximate surface area is 208 Å². The molecule has 35 heavy (non-hydrogen) atoms. The number of hydrogen-bond acceptors (Lipinski definition) is 5. The Hall–Kier alpha value is -3.30. The molecule has 1 amide bonds. The molecule has 0 saturated carbocycles. The van der Waals surface area contributed by atoms with Gasteiger partial charge in [-0.05, 0) is 73.0 Å². The number of hydrogen-bond donors (Lipinski definition) is 1. The van der Waals surface area contributed by atoms with Gasteiger partial charge in [0.05, 0.1) is 12.0 Å². The zero-order chi connectivity index (χ0) is 24.7. The van der Waals surface area contributed by atoms with Gasteiger partial charge in [-0.15, -0.1) is 0 Å². The number of fused-ring (bicyclic) bond motifs is 4. The summed E-state index contributed by atoms with van der Waals surface area (Å²) in [4.78, 5) is 28.2. The summed E-state index contributed by atoms with van der Waals surface area (Å²) >= 11 is 5.85. The molecule has 1 fully saturated rings. The van der Waals surface area contributed by atoms with E-state index < -0.39 is 10.0 Å². The van der Waals surface area contributed by atoms with Gasteiger partial charge in [0.15, 0.2) is 0 Å². The van der Waals surface area contributed by atoms with E-state index >= 15 is 0 Å². The van der Waals surface area contributed by atoms with Gasteiger partial charge in [0.1, 0.15) is 11.4 Å². The molecule has 1 aromatic heterocycles. The molecule has 5 rings (SSSR count). The number of nitrogens with one attached hydrogen (secondary N) is 1. The van der Waals surface area contributed by atoms with Crippen molar-refractivity contribution in [3.05, 3.63) is 87.3 Å². The molecule has 3 heterocycles. The maximum Gasteiger partial charge on any atom is 0.275 e. The number of halogens is 1. The molecule has 2 aromatic carbocycles. The number of nitrogens with zero attached hydrogens (tertiary/aromatic N) is 2. The van der Waals surface area contributed by atoms with Gasteiger partial charge < -0.3 is 14.2 Å². The summed E-state index contributed by atoms with van der Waals surface area (Å²) in [6.07, 6.45) is 0.877. The highest BCUT2D eigenvalue weighted by atomic mass is 35.5. The van der Waals surface area contributed by atoms with Gasteiger partial charge in [0.25, 0.3) is 21.5 Å².